The lowest BCUT2D eigenvalue weighted by molar-refractivity contribution is 0.224. The fourth-order valence-electron chi connectivity index (χ4n) is 3.47. The second-order valence-corrected chi connectivity index (χ2v) is 8.63. The van der Waals surface area contributed by atoms with Crippen LogP contribution in [0.4, 0.5) is 5.13 Å². The average Bonchev–Trinajstić information content (AvgIpc) is 3.37. The third kappa shape index (κ3) is 3.75. The molecule has 9 heteroatoms. The van der Waals surface area contributed by atoms with Gasteiger partial charge in [0.1, 0.15) is 5.76 Å². The van der Waals surface area contributed by atoms with Crippen LogP contribution in [0.1, 0.15) is 17.3 Å². The molecule has 150 valence electrons. The van der Waals surface area contributed by atoms with Crippen LogP contribution in [0.2, 0.25) is 5.02 Å². The van der Waals surface area contributed by atoms with Gasteiger partial charge < -0.3 is 9.32 Å². The van der Waals surface area contributed by atoms with Crippen molar-refractivity contribution < 1.29 is 4.42 Å². The van der Waals surface area contributed by atoms with Crippen LogP contribution >= 0.6 is 22.9 Å². The van der Waals surface area contributed by atoms with Gasteiger partial charge in [-0.3, -0.25) is 4.90 Å². The monoisotopic (exact) mass is 428 g/mol. The molecule has 29 heavy (non-hydrogen) atoms. The van der Waals surface area contributed by atoms with E-state index in [4.69, 9.17) is 26.1 Å². The first kappa shape index (κ1) is 18.6. The number of aryl methyl sites for hydroxylation is 2. The van der Waals surface area contributed by atoms with Crippen LogP contribution in [0.15, 0.2) is 34.9 Å². The van der Waals surface area contributed by atoms with Crippen LogP contribution in [-0.2, 0) is 6.54 Å². The second-order valence-electron chi connectivity index (χ2n) is 7.26. The molecule has 0 saturated carbocycles. The van der Waals surface area contributed by atoms with Gasteiger partial charge in [-0.1, -0.05) is 35.1 Å². The molecule has 1 aromatic carbocycles. The standard InChI is InChI=1S/C20H21ClN6OS/c1-13-14(2)28-18(22-13)12-25-7-9-26(10-8-25)20-24-27-11-17(23-19(27)29-20)15-3-5-16(21)6-4-15/h3-6,11H,7-10,12H2,1-2H3. The smallest absolute Gasteiger partial charge is 0.214 e. The fourth-order valence-corrected chi connectivity index (χ4v) is 4.53. The van der Waals surface area contributed by atoms with Crippen LogP contribution in [0, 0.1) is 13.8 Å². The van der Waals surface area contributed by atoms with Crippen LogP contribution in [0.3, 0.4) is 0 Å². The molecule has 4 aromatic rings. The van der Waals surface area contributed by atoms with Crippen LogP contribution in [-0.4, -0.2) is 50.7 Å². The maximum Gasteiger partial charge on any atom is 0.214 e. The van der Waals surface area contributed by atoms with E-state index in [-0.39, 0.29) is 0 Å². The highest BCUT2D eigenvalue weighted by Crippen LogP contribution is 2.28. The van der Waals surface area contributed by atoms with Crippen molar-refractivity contribution in [2.75, 3.05) is 31.1 Å². The summed E-state index contributed by atoms with van der Waals surface area (Å²) in [7, 11) is 0. The first-order valence-corrected chi connectivity index (χ1v) is 10.8. The van der Waals surface area contributed by atoms with E-state index >= 15 is 0 Å². The number of hydrogen-bond acceptors (Lipinski definition) is 7. The lowest BCUT2D eigenvalue weighted by Crippen LogP contribution is -2.46. The summed E-state index contributed by atoms with van der Waals surface area (Å²) < 4.78 is 7.59. The summed E-state index contributed by atoms with van der Waals surface area (Å²) in [5, 5.41) is 6.48. The van der Waals surface area contributed by atoms with E-state index in [1.807, 2.05) is 48.8 Å². The molecule has 0 unspecified atom stereocenters. The summed E-state index contributed by atoms with van der Waals surface area (Å²) in [6, 6.07) is 7.71. The minimum atomic E-state index is 0.724. The Morgan fingerprint density at radius 2 is 1.83 bits per heavy atom. The zero-order chi connectivity index (χ0) is 20.0. The molecule has 0 N–H and O–H groups in total. The van der Waals surface area contributed by atoms with Crippen molar-refractivity contribution in [3.05, 3.63) is 52.8 Å². The molecule has 0 bridgehead atoms. The number of halogens is 1. The van der Waals surface area contributed by atoms with Crippen LogP contribution in [0.25, 0.3) is 16.2 Å². The van der Waals surface area contributed by atoms with Gasteiger partial charge in [0.2, 0.25) is 16.0 Å². The van der Waals surface area contributed by atoms with Gasteiger partial charge >= 0.3 is 0 Å². The number of rotatable bonds is 4. The molecular formula is C20H21ClN6OS. The van der Waals surface area contributed by atoms with Gasteiger partial charge in [0, 0.05) is 36.8 Å². The molecule has 5 rings (SSSR count). The Morgan fingerprint density at radius 1 is 1.07 bits per heavy atom. The van der Waals surface area contributed by atoms with Gasteiger partial charge in [0.25, 0.3) is 0 Å². The highest BCUT2D eigenvalue weighted by molar-refractivity contribution is 7.20. The quantitative estimate of drug-likeness (QED) is 0.489. The van der Waals surface area contributed by atoms with E-state index < -0.39 is 0 Å². The summed E-state index contributed by atoms with van der Waals surface area (Å²) >= 11 is 7.60. The number of nitrogens with zero attached hydrogens (tertiary/aromatic N) is 6. The summed E-state index contributed by atoms with van der Waals surface area (Å²) in [5.74, 6) is 1.71. The van der Waals surface area contributed by atoms with E-state index in [1.54, 1.807) is 11.3 Å². The molecule has 3 aromatic heterocycles. The van der Waals surface area contributed by atoms with Crippen molar-refractivity contribution >= 4 is 33.0 Å². The summed E-state index contributed by atoms with van der Waals surface area (Å²) in [6.45, 7) is 8.47. The Balaban J connectivity index is 1.24. The minimum absolute atomic E-state index is 0.724. The zero-order valence-electron chi connectivity index (χ0n) is 16.3. The molecule has 1 saturated heterocycles. The number of hydrogen-bond donors (Lipinski definition) is 0. The largest absolute Gasteiger partial charge is 0.444 e. The Kier molecular flexibility index (Phi) is 4.77. The van der Waals surface area contributed by atoms with Crippen molar-refractivity contribution in [2.24, 2.45) is 0 Å². The number of imidazole rings is 1. The van der Waals surface area contributed by atoms with Crippen molar-refractivity contribution in [1.82, 2.24) is 24.5 Å². The number of oxazole rings is 1. The maximum absolute atomic E-state index is 5.97. The van der Waals surface area contributed by atoms with E-state index in [0.29, 0.717) is 0 Å². The number of fused-ring (bicyclic) bond motifs is 1. The molecule has 4 heterocycles. The number of aromatic nitrogens is 4. The number of anilines is 1. The van der Waals surface area contributed by atoms with Crippen LogP contribution in [0.5, 0.6) is 0 Å². The molecule has 1 fully saturated rings. The van der Waals surface area contributed by atoms with Gasteiger partial charge in [-0.25, -0.2) is 14.5 Å². The molecular weight excluding hydrogens is 408 g/mol. The second kappa shape index (κ2) is 7.44. The topological polar surface area (TPSA) is 62.7 Å². The molecule has 0 spiro atoms. The Morgan fingerprint density at radius 3 is 2.48 bits per heavy atom. The predicted octanol–water partition coefficient (Wildman–Crippen LogP) is 4.04. The lowest BCUT2D eigenvalue weighted by atomic mass is 10.2. The Bertz CT molecular complexity index is 1090. The minimum Gasteiger partial charge on any atom is -0.444 e. The van der Waals surface area contributed by atoms with E-state index in [1.165, 1.54) is 0 Å². The highest BCUT2D eigenvalue weighted by Gasteiger charge is 2.22. The van der Waals surface area contributed by atoms with Gasteiger partial charge in [0.05, 0.1) is 24.1 Å². The van der Waals surface area contributed by atoms with Crippen molar-refractivity contribution in [2.45, 2.75) is 20.4 Å². The normalized spacial score (nSPS) is 15.5. The molecule has 0 atom stereocenters. The number of benzene rings is 1. The summed E-state index contributed by atoms with van der Waals surface area (Å²) in [5.41, 5.74) is 2.93. The highest BCUT2D eigenvalue weighted by atomic mass is 35.5. The van der Waals surface area contributed by atoms with Gasteiger partial charge in [0.15, 0.2) is 0 Å². The summed E-state index contributed by atoms with van der Waals surface area (Å²) in [6.07, 6.45) is 1.97. The third-order valence-corrected chi connectivity index (χ3v) is 6.48. The van der Waals surface area contributed by atoms with Crippen molar-refractivity contribution in [3.8, 4) is 11.3 Å². The molecule has 7 nitrogen and oxygen atoms in total. The maximum atomic E-state index is 5.97. The van der Waals surface area contributed by atoms with Gasteiger partial charge in [-0.05, 0) is 26.0 Å². The fraction of sp³-hybridized carbons (Fsp3) is 0.350. The molecule has 0 radical (unpaired) electrons. The van der Waals surface area contributed by atoms with Gasteiger partial charge in [-0.2, -0.15) is 0 Å². The van der Waals surface area contributed by atoms with Crippen LogP contribution < -0.4 is 4.90 Å². The third-order valence-electron chi connectivity index (χ3n) is 5.25. The molecule has 1 aliphatic heterocycles. The lowest BCUT2D eigenvalue weighted by Gasteiger charge is -2.33. The first-order chi connectivity index (χ1) is 14.0. The van der Waals surface area contributed by atoms with E-state index in [0.717, 1.165) is 76.4 Å². The van der Waals surface area contributed by atoms with Gasteiger partial charge in [-0.15, -0.1) is 5.10 Å². The van der Waals surface area contributed by atoms with E-state index in [9.17, 15) is 0 Å². The van der Waals surface area contributed by atoms with Crippen molar-refractivity contribution in [1.29, 1.82) is 0 Å². The Labute approximate surface area is 177 Å². The molecule has 0 aliphatic carbocycles. The van der Waals surface area contributed by atoms with E-state index in [2.05, 4.69) is 14.8 Å². The molecule has 0 amide bonds. The van der Waals surface area contributed by atoms with Crippen molar-refractivity contribution in [3.63, 3.8) is 0 Å². The Hall–Kier alpha value is -2.42. The predicted molar refractivity (Wildman–Crippen MR) is 115 cm³/mol. The number of piperazine rings is 1. The zero-order valence-corrected chi connectivity index (χ0v) is 17.9. The first-order valence-electron chi connectivity index (χ1n) is 9.57. The SMILES string of the molecule is Cc1nc(CN2CCN(c3nn4cc(-c5ccc(Cl)cc5)nc4s3)CC2)oc1C. The average molecular weight is 429 g/mol. The summed E-state index contributed by atoms with van der Waals surface area (Å²) in [4.78, 5) is 14.8. The molecule has 1 aliphatic rings.